The van der Waals surface area contributed by atoms with E-state index in [9.17, 15) is 4.79 Å². The van der Waals surface area contributed by atoms with E-state index in [1.165, 1.54) is 17.1 Å². The molecule has 1 aliphatic rings. The van der Waals surface area contributed by atoms with Gasteiger partial charge in [-0.3, -0.25) is 9.69 Å². The van der Waals surface area contributed by atoms with Crippen molar-refractivity contribution in [2.24, 2.45) is 0 Å². The highest BCUT2D eigenvalue weighted by Gasteiger charge is 2.17. The molecule has 1 unspecified atom stereocenters. The van der Waals surface area contributed by atoms with Gasteiger partial charge in [0.15, 0.2) is 6.10 Å². The number of halogens is 1. The van der Waals surface area contributed by atoms with Gasteiger partial charge in [0.2, 0.25) is 0 Å². The molecule has 0 aliphatic carbocycles. The lowest BCUT2D eigenvalue weighted by molar-refractivity contribution is -0.122. The van der Waals surface area contributed by atoms with Gasteiger partial charge in [0, 0.05) is 41.8 Å². The molecule has 0 radical (unpaired) electrons. The Labute approximate surface area is 170 Å². The molecule has 1 saturated heterocycles. The number of carbonyl (C=O) groups is 1. The molecule has 0 bridgehead atoms. The Bertz CT molecular complexity index is 776. The number of anilines is 1. The zero-order chi connectivity index (χ0) is 19.2. The lowest BCUT2D eigenvalue weighted by atomic mass is 10.1. The summed E-state index contributed by atoms with van der Waals surface area (Å²) < 4.78 is 5.71. The molecule has 2 aromatic carbocycles. The van der Waals surface area contributed by atoms with Gasteiger partial charge in [-0.15, -0.1) is 0 Å². The van der Waals surface area contributed by atoms with Crippen molar-refractivity contribution in [3.63, 3.8) is 0 Å². The minimum absolute atomic E-state index is 0.167. The number of rotatable bonds is 6. The number of aryl methyl sites for hydroxylation is 1. The van der Waals surface area contributed by atoms with E-state index in [-0.39, 0.29) is 5.91 Å². The van der Waals surface area contributed by atoms with Crippen LogP contribution in [0.25, 0.3) is 0 Å². The number of nitrogens with one attached hydrogen (secondary N) is 1. The lowest BCUT2D eigenvalue weighted by Gasteiger charge is -2.26. The molecule has 2 aromatic rings. The van der Waals surface area contributed by atoms with E-state index in [0.717, 1.165) is 30.9 Å². The van der Waals surface area contributed by atoms with Crippen LogP contribution in [0.1, 0.15) is 18.1 Å². The molecule has 0 spiro atoms. The van der Waals surface area contributed by atoms with Gasteiger partial charge in [-0.05, 0) is 55.3 Å². The van der Waals surface area contributed by atoms with Crippen molar-refractivity contribution >= 4 is 35.0 Å². The molecule has 1 heterocycles. The molecule has 0 aromatic heterocycles. The molecule has 27 heavy (non-hydrogen) atoms. The second kappa shape index (κ2) is 9.49. The Hall–Kier alpha value is -1.69. The van der Waals surface area contributed by atoms with Crippen molar-refractivity contribution in [1.29, 1.82) is 0 Å². The topological polar surface area (TPSA) is 41.6 Å². The summed E-state index contributed by atoms with van der Waals surface area (Å²) in [5.74, 6) is 2.83. The first-order valence-electron chi connectivity index (χ1n) is 9.14. The molecule has 3 rings (SSSR count). The molecule has 0 saturated carbocycles. The summed E-state index contributed by atoms with van der Waals surface area (Å²) in [7, 11) is 0. The van der Waals surface area contributed by atoms with Crippen LogP contribution in [-0.4, -0.2) is 41.5 Å². The maximum Gasteiger partial charge on any atom is 0.265 e. The SMILES string of the molecule is Cc1ccc(CN2CCSCC2)cc1NC(=O)C(C)Oc1ccc(Cl)cc1. The highest BCUT2D eigenvalue weighted by atomic mass is 35.5. The summed E-state index contributed by atoms with van der Waals surface area (Å²) in [6.07, 6.45) is -0.603. The fourth-order valence-electron chi connectivity index (χ4n) is 2.92. The van der Waals surface area contributed by atoms with Gasteiger partial charge in [-0.2, -0.15) is 11.8 Å². The zero-order valence-electron chi connectivity index (χ0n) is 15.7. The maximum atomic E-state index is 12.6. The second-order valence-electron chi connectivity index (χ2n) is 6.74. The van der Waals surface area contributed by atoms with Crippen molar-refractivity contribution in [2.75, 3.05) is 29.9 Å². The predicted molar refractivity (Wildman–Crippen MR) is 114 cm³/mol. The molecule has 1 fully saturated rings. The zero-order valence-corrected chi connectivity index (χ0v) is 17.3. The van der Waals surface area contributed by atoms with Crippen molar-refractivity contribution in [3.05, 3.63) is 58.6 Å². The van der Waals surface area contributed by atoms with E-state index in [2.05, 4.69) is 28.4 Å². The summed E-state index contributed by atoms with van der Waals surface area (Å²) in [4.78, 5) is 15.0. The summed E-state index contributed by atoms with van der Waals surface area (Å²) in [6.45, 7) is 6.90. The number of ether oxygens (including phenoxy) is 1. The van der Waals surface area contributed by atoms with Crippen LogP contribution in [0.5, 0.6) is 5.75 Å². The lowest BCUT2D eigenvalue weighted by Crippen LogP contribution is -2.32. The average molecular weight is 405 g/mol. The predicted octanol–water partition coefficient (Wildman–Crippen LogP) is 4.60. The quantitative estimate of drug-likeness (QED) is 0.763. The monoisotopic (exact) mass is 404 g/mol. The van der Waals surface area contributed by atoms with E-state index in [1.54, 1.807) is 31.2 Å². The molecular weight excluding hydrogens is 380 g/mol. The third-order valence-electron chi connectivity index (χ3n) is 4.57. The maximum absolute atomic E-state index is 12.6. The minimum atomic E-state index is -0.603. The van der Waals surface area contributed by atoms with E-state index in [0.29, 0.717) is 10.8 Å². The van der Waals surface area contributed by atoms with Crippen LogP contribution in [-0.2, 0) is 11.3 Å². The van der Waals surface area contributed by atoms with Crippen LogP contribution < -0.4 is 10.1 Å². The highest BCUT2D eigenvalue weighted by Crippen LogP contribution is 2.21. The van der Waals surface area contributed by atoms with Gasteiger partial charge in [0.1, 0.15) is 5.75 Å². The fourth-order valence-corrected chi connectivity index (χ4v) is 4.03. The Morgan fingerprint density at radius 3 is 2.63 bits per heavy atom. The van der Waals surface area contributed by atoms with Gasteiger partial charge in [0.25, 0.3) is 5.91 Å². The summed E-state index contributed by atoms with van der Waals surface area (Å²) in [5, 5.41) is 3.64. The number of thioether (sulfide) groups is 1. The van der Waals surface area contributed by atoms with Crippen LogP contribution in [0.2, 0.25) is 5.02 Å². The van der Waals surface area contributed by atoms with Gasteiger partial charge in [-0.25, -0.2) is 0 Å². The molecule has 144 valence electrons. The Morgan fingerprint density at radius 2 is 1.93 bits per heavy atom. The van der Waals surface area contributed by atoms with E-state index in [4.69, 9.17) is 16.3 Å². The second-order valence-corrected chi connectivity index (χ2v) is 8.40. The third-order valence-corrected chi connectivity index (χ3v) is 5.76. The van der Waals surface area contributed by atoms with Crippen LogP contribution in [0.4, 0.5) is 5.69 Å². The highest BCUT2D eigenvalue weighted by molar-refractivity contribution is 7.99. The van der Waals surface area contributed by atoms with Gasteiger partial charge >= 0.3 is 0 Å². The van der Waals surface area contributed by atoms with Gasteiger partial charge in [-0.1, -0.05) is 23.7 Å². The average Bonchev–Trinajstić information content (AvgIpc) is 2.67. The Morgan fingerprint density at radius 1 is 1.22 bits per heavy atom. The molecule has 1 amide bonds. The van der Waals surface area contributed by atoms with Crippen LogP contribution in [0.15, 0.2) is 42.5 Å². The molecule has 1 aliphatic heterocycles. The molecule has 1 N–H and O–H groups in total. The normalized spacial score (nSPS) is 16.0. The van der Waals surface area contributed by atoms with E-state index in [1.807, 2.05) is 18.7 Å². The minimum Gasteiger partial charge on any atom is -0.481 e. The van der Waals surface area contributed by atoms with Crippen LogP contribution in [0, 0.1) is 6.92 Å². The molecule has 1 atom stereocenters. The molecule has 6 heteroatoms. The van der Waals surface area contributed by atoms with E-state index < -0.39 is 6.10 Å². The number of nitrogens with zero attached hydrogens (tertiary/aromatic N) is 1. The van der Waals surface area contributed by atoms with E-state index >= 15 is 0 Å². The number of carbonyl (C=O) groups excluding carboxylic acids is 1. The summed E-state index contributed by atoms with van der Waals surface area (Å²) >= 11 is 7.89. The standard InChI is InChI=1S/C21H25ClN2O2S/c1-15-3-4-17(14-24-9-11-27-12-10-24)13-20(15)23-21(25)16(2)26-19-7-5-18(22)6-8-19/h3-8,13,16H,9-12,14H2,1-2H3,(H,23,25). The molecular formula is C21H25ClN2O2S. The van der Waals surface area contributed by atoms with Crippen LogP contribution in [0.3, 0.4) is 0 Å². The first kappa shape index (κ1) is 20.1. The number of hydrogen-bond donors (Lipinski definition) is 1. The largest absolute Gasteiger partial charge is 0.481 e. The third kappa shape index (κ3) is 5.89. The number of benzene rings is 2. The number of amides is 1. The van der Waals surface area contributed by atoms with Crippen molar-refractivity contribution in [1.82, 2.24) is 4.90 Å². The first-order valence-corrected chi connectivity index (χ1v) is 10.7. The van der Waals surface area contributed by atoms with Gasteiger partial charge in [0.05, 0.1) is 0 Å². The Kier molecular flexibility index (Phi) is 7.05. The Balaban J connectivity index is 1.61. The van der Waals surface area contributed by atoms with Crippen molar-refractivity contribution < 1.29 is 9.53 Å². The summed E-state index contributed by atoms with van der Waals surface area (Å²) in [6, 6.07) is 13.3. The van der Waals surface area contributed by atoms with Crippen molar-refractivity contribution in [3.8, 4) is 5.75 Å². The van der Waals surface area contributed by atoms with Gasteiger partial charge < -0.3 is 10.1 Å². The number of hydrogen-bond acceptors (Lipinski definition) is 4. The first-order chi connectivity index (χ1) is 13.0. The smallest absolute Gasteiger partial charge is 0.265 e. The molecule has 4 nitrogen and oxygen atoms in total. The fraction of sp³-hybridized carbons (Fsp3) is 0.381. The van der Waals surface area contributed by atoms with Crippen LogP contribution >= 0.6 is 23.4 Å². The van der Waals surface area contributed by atoms with Crippen molar-refractivity contribution in [2.45, 2.75) is 26.5 Å². The summed E-state index contributed by atoms with van der Waals surface area (Å²) in [5.41, 5.74) is 3.10.